The predicted molar refractivity (Wildman–Crippen MR) is 148 cm³/mol. The molecule has 1 unspecified atom stereocenters. The number of imidazole rings is 1. The largest absolute Gasteiger partial charge is 0.424 e. The molecule has 1 amide bonds. The van der Waals surface area contributed by atoms with Crippen LogP contribution in [0.1, 0.15) is 31.6 Å². The molecule has 0 bridgehead atoms. The standard InChI is InChI=1S/C29H25ClF2N6O2/c1-16(31)28(39)37-10-6-18(7-11-37)38-17(2)36-26-15-35-25-14-24(32)21(13-22(25)27(26)38)20-5-4-19(12-23(20)30)40-29-33-8-3-9-34-29/h3-5,8-9,12-16,18H,6-7,10-11H2,1-2H3. The van der Waals surface area contributed by atoms with Gasteiger partial charge in [0.2, 0.25) is 0 Å². The third kappa shape index (κ3) is 4.72. The lowest BCUT2D eigenvalue weighted by Gasteiger charge is -2.34. The first-order chi connectivity index (χ1) is 19.3. The number of aromatic nitrogens is 5. The van der Waals surface area contributed by atoms with Crippen LogP contribution in [-0.4, -0.2) is 54.6 Å². The number of aryl methyl sites for hydroxylation is 1. The molecule has 8 nitrogen and oxygen atoms in total. The van der Waals surface area contributed by atoms with E-state index in [2.05, 4.69) is 19.5 Å². The van der Waals surface area contributed by atoms with Gasteiger partial charge in [0, 0.05) is 60.2 Å². The van der Waals surface area contributed by atoms with Crippen molar-refractivity contribution in [3.63, 3.8) is 0 Å². The summed E-state index contributed by atoms with van der Waals surface area (Å²) in [5.74, 6) is 0.272. The Morgan fingerprint density at radius 1 is 1.07 bits per heavy atom. The quantitative estimate of drug-likeness (QED) is 0.244. The zero-order valence-electron chi connectivity index (χ0n) is 21.8. The van der Waals surface area contributed by atoms with Crippen LogP contribution in [-0.2, 0) is 4.79 Å². The molecule has 3 aromatic heterocycles. The summed E-state index contributed by atoms with van der Waals surface area (Å²) in [6, 6.07) is 10.0. The van der Waals surface area contributed by atoms with E-state index in [9.17, 15) is 9.18 Å². The van der Waals surface area contributed by atoms with E-state index in [4.69, 9.17) is 21.3 Å². The van der Waals surface area contributed by atoms with Gasteiger partial charge in [0.1, 0.15) is 22.9 Å². The predicted octanol–water partition coefficient (Wildman–Crippen LogP) is 6.46. The Labute approximate surface area is 233 Å². The summed E-state index contributed by atoms with van der Waals surface area (Å²) >= 11 is 6.61. The number of nitrogens with zero attached hydrogens (tertiary/aromatic N) is 6. The highest BCUT2D eigenvalue weighted by atomic mass is 35.5. The van der Waals surface area contributed by atoms with Gasteiger partial charge in [-0.25, -0.2) is 23.7 Å². The smallest absolute Gasteiger partial charge is 0.321 e. The molecule has 204 valence electrons. The number of benzene rings is 2. The van der Waals surface area contributed by atoms with Gasteiger partial charge < -0.3 is 14.2 Å². The number of piperidine rings is 1. The van der Waals surface area contributed by atoms with Crippen molar-refractivity contribution in [3.05, 3.63) is 71.7 Å². The Hall–Kier alpha value is -4.18. The van der Waals surface area contributed by atoms with E-state index in [1.165, 1.54) is 13.0 Å². The summed E-state index contributed by atoms with van der Waals surface area (Å²) in [5.41, 5.74) is 2.83. The molecule has 1 aliphatic rings. The molecule has 40 heavy (non-hydrogen) atoms. The summed E-state index contributed by atoms with van der Waals surface area (Å²) in [5, 5.41) is 1.04. The van der Waals surface area contributed by atoms with Crippen LogP contribution in [0.25, 0.3) is 33.1 Å². The highest BCUT2D eigenvalue weighted by Crippen LogP contribution is 2.38. The number of pyridine rings is 1. The maximum Gasteiger partial charge on any atom is 0.321 e. The SMILES string of the molecule is Cc1nc2cnc3cc(F)c(-c4ccc(Oc5ncccn5)cc4Cl)cc3c2n1C1CCN(C(=O)C(C)F)CC1. The minimum absolute atomic E-state index is 0.0447. The molecular formula is C29H25ClF2N6O2. The average Bonchev–Trinajstić information content (AvgIpc) is 3.29. The van der Waals surface area contributed by atoms with Crippen LogP contribution in [0.4, 0.5) is 8.78 Å². The summed E-state index contributed by atoms with van der Waals surface area (Å²) in [6.45, 7) is 4.10. The number of likely N-dealkylation sites (tertiary alicyclic amines) is 1. The van der Waals surface area contributed by atoms with Gasteiger partial charge in [-0.05, 0) is 51.0 Å². The average molecular weight is 563 g/mol. The number of carbonyl (C=O) groups excluding carboxylic acids is 1. The maximum absolute atomic E-state index is 15.4. The molecule has 0 aliphatic carbocycles. The first kappa shape index (κ1) is 26.1. The van der Waals surface area contributed by atoms with Crippen molar-refractivity contribution in [1.82, 2.24) is 29.4 Å². The van der Waals surface area contributed by atoms with Crippen LogP contribution >= 0.6 is 11.6 Å². The monoisotopic (exact) mass is 562 g/mol. The molecule has 0 radical (unpaired) electrons. The molecule has 6 rings (SSSR count). The van der Waals surface area contributed by atoms with Crippen molar-refractivity contribution in [2.75, 3.05) is 13.1 Å². The minimum atomic E-state index is -1.52. The first-order valence-electron chi connectivity index (χ1n) is 12.9. The number of fused-ring (bicyclic) bond motifs is 3. The molecule has 5 aromatic rings. The van der Waals surface area contributed by atoms with Crippen LogP contribution in [0.15, 0.2) is 55.0 Å². The number of alkyl halides is 1. The van der Waals surface area contributed by atoms with E-state index in [0.717, 1.165) is 16.7 Å². The van der Waals surface area contributed by atoms with Crippen molar-refractivity contribution < 1.29 is 18.3 Å². The number of hydrogen-bond acceptors (Lipinski definition) is 6. The molecule has 1 aliphatic heterocycles. The van der Waals surface area contributed by atoms with Gasteiger partial charge in [-0.15, -0.1) is 0 Å². The third-order valence-electron chi connectivity index (χ3n) is 7.24. The second-order valence-corrected chi connectivity index (χ2v) is 10.2. The number of amides is 1. The van der Waals surface area contributed by atoms with Crippen LogP contribution < -0.4 is 4.74 Å². The highest BCUT2D eigenvalue weighted by molar-refractivity contribution is 6.33. The maximum atomic E-state index is 15.4. The van der Waals surface area contributed by atoms with Gasteiger partial charge in [0.05, 0.1) is 22.3 Å². The van der Waals surface area contributed by atoms with E-state index in [0.29, 0.717) is 58.9 Å². The Bertz CT molecular complexity index is 1740. The van der Waals surface area contributed by atoms with E-state index >= 15 is 4.39 Å². The lowest BCUT2D eigenvalue weighted by atomic mass is 10.0. The van der Waals surface area contributed by atoms with Gasteiger partial charge in [0.15, 0.2) is 6.17 Å². The Kier molecular flexibility index (Phi) is 6.79. The number of hydrogen-bond donors (Lipinski definition) is 0. The molecule has 0 saturated carbocycles. The number of ether oxygens (including phenoxy) is 1. The fourth-order valence-electron chi connectivity index (χ4n) is 5.38. The highest BCUT2D eigenvalue weighted by Gasteiger charge is 2.29. The van der Waals surface area contributed by atoms with Crippen molar-refractivity contribution in [2.24, 2.45) is 0 Å². The second-order valence-electron chi connectivity index (χ2n) is 9.82. The second kappa shape index (κ2) is 10.4. The zero-order valence-corrected chi connectivity index (χ0v) is 22.6. The van der Waals surface area contributed by atoms with Gasteiger partial charge >= 0.3 is 6.01 Å². The van der Waals surface area contributed by atoms with Crippen molar-refractivity contribution in [3.8, 4) is 22.9 Å². The van der Waals surface area contributed by atoms with Crippen LogP contribution in [0.2, 0.25) is 5.02 Å². The lowest BCUT2D eigenvalue weighted by molar-refractivity contribution is -0.137. The molecule has 2 aromatic carbocycles. The normalized spacial score (nSPS) is 15.1. The molecule has 1 saturated heterocycles. The van der Waals surface area contributed by atoms with Crippen LogP contribution in [0, 0.1) is 12.7 Å². The zero-order chi connectivity index (χ0) is 28.0. The number of rotatable bonds is 5. The Morgan fingerprint density at radius 3 is 2.52 bits per heavy atom. The van der Waals surface area contributed by atoms with Gasteiger partial charge in [0.25, 0.3) is 5.91 Å². The van der Waals surface area contributed by atoms with Gasteiger partial charge in [-0.1, -0.05) is 11.6 Å². The summed E-state index contributed by atoms with van der Waals surface area (Å²) in [6.07, 6.45) is 4.57. The fourth-order valence-corrected chi connectivity index (χ4v) is 5.66. The van der Waals surface area contributed by atoms with Crippen molar-refractivity contribution >= 4 is 39.4 Å². The van der Waals surface area contributed by atoms with Crippen molar-refractivity contribution in [1.29, 1.82) is 0 Å². The third-order valence-corrected chi connectivity index (χ3v) is 7.56. The van der Waals surface area contributed by atoms with Gasteiger partial charge in [-0.3, -0.25) is 9.78 Å². The van der Waals surface area contributed by atoms with E-state index < -0.39 is 17.9 Å². The molecule has 4 heterocycles. The molecule has 0 spiro atoms. The van der Waals surface area contributed by atoms with Crippen molar-refractivity contribution in [2.45, 2.75) is 38.9 Å². The molecule has 1 atom stereocenters. The topological polar surface area (TPSA) is 86.0 Å². The van der Waals surface area contributed by atoms with E-state index in [-0.39, 0.29) is 12.1 Å². The Balaban J connectivity index is 1.39. The number of carbonyl (C=O) groups is 1. The van der Waals surface area contributed by atoms with Crippen LogP contribution in [0.5, 0.6) is 11.8 Å². The lowest BCUT2D eigenvalue weighted by Crippen LogP contribution is -2.42. The summed E-state index contributed by atoms with van der Waals surface area (Å²) in [4.78, 5) is 31.0. The van der Waals surface area contributed by atoms with E-state index in [1.54, 1.807) is 53.8 Å². The van der Waals surface area contributed by atoms with Gasteiger partial charge in [-0.2, -0.15) is 0 Å². The first-order valence-corrected chi connectivity index (χ1v) is 13.3. The minimum Gasteiger partial charge on any atom is -0.424 e. The van der Waals surface area contributed by atoms with Crippen LogP contribution in [0.3, 0.4) is 0 Å². The molecule has 1 fully saturated rings. The van der Waals surface area contributed by atoms with E-state index in [1.807, 2.05) is 6.92 Å². The molecule has 0 N–H and O–H groups in total. The number of halogens is 3. The summed E-state index contributed by atoms with van der Waals surface area (Å²) < 4.78 is 36.8. The molecular weight excluding hydrogens is 538 g/mol. The fraction of sp³-hybridized carbons (Fsp3) is 0.276. The summed E-state index contributed by atoms with van der Waals surface area (Å²) in [7, 11) is 0. The Morgan fingerprint density at radius 2 is 1.82 bits per heavy atom. The molecule has 11 heteroatoms.